The molecule has 2 saturated heterocycles. The molecule has 5 N–H and O–H groups in total. The molecule has 0 aromatic heterocycles. The SMILES string of the molecule is CC(=O)[C@]1(O)Cc2c(O)c3c(c(O)c2[C@@H](OC2CC(NO)C(=O)C(C)O2)C1)C(=O)c1c(OCN2CCOCC2)cccc1C3=O. The number of hydroxylamine groups is 1. The molecule has 2 aromatic rings. The molecule has 0 bridgehead atoms. The lowest BCUT2D eigenvalue weighted by Crippen LogP contribution is -2.51. The van der Waals surface area contributed by atoms with Gasteiger partial charge < -0.3 is 39.5 Å². The molecule has 2 heterocycles. The number of nitrogens with one attached hydrogen (secondary N) is 1. The van der Waals surface area contributed by atoms with E-state index in [4.69, 9.17) is 18.9 Å². The zero-order valence-electron chi connectivity index (χ0n) is 24.7. The van der Waals surface area contributed by atoms with Crippen LogP contribution in [0.4, 0.5) is 0 Å². The molecular weight excluding hydrogens is 592 g/mol. The first-order chi connectivity index (χ1) is 21.4. The largest absolute Gasteiger partial charge is 0.507 e. The second kappa shape index (κ2) is 11.9. The van der Waals surface area contributed by atoms with Crippen LogP contribution in [0.3, 0.4) is 0 Å². The number of hydrogen-bond acceptors (Lipinski definition) is 14. The number of morpholine rings is 1. The standard InChI is InChI=1S/C31H34N2O12/c1-14-26(35)18(32-41)10-21(44-14)45-20-12-31(40,15(2)34)11-17-23(20)30(39)25-24(28(17)37)27(36)16-4-3-5-19(22(16)29(25)38)43-13-33-6-8-42-9-7-33/h3-5,14,18,20-21,32,37,39-41H,6-13H2,1-2H3/t14?,18?,20-,21?,31-/m0/s1. The van der Waals surface area contributed by atoms with Crippen LogP contribution >= 0.6 is 0 Å². The molecular formula is C31H34N2O12. The molecule has 2 aliphatic carbocycles. The number of aliphatic hydroxyl groups is 1. The van der Waals surface area contributed by atoms with Gasteiger partial charge in [-0.2, -0.15) is 5.48 Å². The van der Waals surface area contributed by atoms with Crippen LogP contribution in [0.2, 0.25) is 0 Å². The van der Waals surface area contributed by atoms with E-state index in [0.29, 0.717) is 26.3 Å². The minimum absolute atomic E-state index is 0.0381. The monoisotopic (exact) mass is 626 g/mol. The van der Waals surface area contributed by atoms with Crippen molar-refractivity contribution in [3.8, 4) is 17.2 Å². The molecule has 45 heavy (non-hydrogen) atoms. The average molecular weight is 627 g/mol. The Bertz CT molecular complexity index is 1580. The fraction of sp³-hybridized carbons (Fsp3) is 0.484. The highest BCUT2D eigenvalue weighted by molar-refractivity contribution is 6.31. The van der Waals surface area contributed by atoms with Gasteiger partial charge in [0.25, 0.3) is 0 Å². The Kier molecular flexibility index (Phi) is 8.24. The van der Waals surface area contributed by atoms with E-state index in [1.807, 2.05) is 10.4 Å². The summed E-state index contributed by atoms with van der Waals surface area (Å²) in [5.41, 5.74) is -1.43. The van der Waals surface area contributed by atoms with Crippen molar-refractivity contribution in [2.24, 2.45) is 0 Å². The van der Waals surface area contributed by atoms with Crippen molar-refractivity contribution in [3.05, 3.63) is 51.6 Å². The maximum atomic E-state index is 14.1. The molecule has 0 radical (unpaired) electrons. The molecule has 14 heteroatoms. The highest BCUT2D eigenvalue weighted by Gasteiger charge is 2.49. The number of phenols is 2. The highest BCUT2D eigenvalue weighted by Crippen LogP contribution is 2.52. The third-order valence-corrected chi connectivity index (χ3v) is 9.02. The van der Waals surface area contributed by atoms with Gasteiger partial charge in [-0.1, -0.05) is 12.1 Å². The second-order valence-electron chi connectivity index (χ2n) is 11.8. The lowest BCUT2D eigenvalue weighted by molar-refractivity contribution is -0.226. The number of benzene rings is 2. The van der Waals surface area contributed by atoms with Crippen molar-refractivity contribution < 1.29 is 58.7 Å². The van der Waals surface area contributed by atoms with E-state index in [-0.39, 0.29) is 41.2 Å². The molecule has 5 atom stereocenters. The summed E-state index contributed by atoms with van der Waals surface area (Å²) in [6, 6.07) is 3.47. The summed E-state index contributed by atoms with van der Waals surface area (Å²) in [6.45, 7) is 5.03. The summed E-state index contributed by atoms with van der Waals surface area (Å²) in [5.74, 6) is -3.80. The number of carbonyl (C=O) groups excluding carboxylic acids is 4. The van der Waals surface area contributed by atoms with E-state index in [1.165, 1.54) is 19.1 Å². The Balaban J connectivity index is 1.42. The minimum Gasteiger partial charge on any atom is -0.507 e. The van der Waals surface area contributed by atoms with Crippen molar-refractivity contribution >= 4 is 23.1 Å². The number of Topliss-reactive ketones (excluding diaryl/α,β-unsaturated/α-hetero) is 2. The topological polar surface area (TPSA) is 201 Å². The number of phenolic OH excluding ortho intramolecular Hbond substituents is 2. The van der Waals surface area contributed by atoms with Crippen molar-refractivity contribution in [3.63, 3.8) is 0 Å². The first kappa shape index (κ1) is 31.2. The van der Waals surface area contributed by atoms with Crippen LogP contribution in [0, 0.1) is 0 Å². The lowest BCUT2D eigenvalue weighted by Gasteiger charge is -2.41. The van der Waals surface area contributed by atoms with Crippen LogP contribution in [-0.2, 0) is 30.2 Å². The van der Waals surface area contributed by atoms with Gasteiger partial charge in [-0.05, 0) is 19.9 Å². The Morgan fingerprint density at radius 2 is 1.80 bits per heavy atom. The third kappa shape index (κ3) is 5.31. The summed E-state index contributed by atoms with van der Waals surface area (Å²) in [7, 11) is 0. The maximum Gasteiger partial charge on any atom is 0.202 e. The lowest BCUT2D eigenvalue weighted by atomic mass is 9.72. The molecule has 2 aliphatic heterocycles. The summed E-state index contributed by atoms with van der Waals surface area (Å²) in [6.07, 6.45) is -4.50. The van der Waals surface area contributed by atoms with E-state index >= 15 is 0 Å². The van der Waals surface area contributed by atoms with Crippen LogP contribution in [-0.4, -0.2) is 106 Å². The normalized spacial score (nSPS) is 28.3. The number of ether oxygens (including phenoxy) is 4. The van der Waals surface area contributed by atoms with E-state index in [9.17, 15) is 39.7 Å². The summed E-state index contributed by atoms with van der Waals surface area (Å²) < 4.78 is 23.1. The molecule has 3 unspecified atom stereocenters. The van der Waals surface area contributed by atoms with Gasteiger partial charge in [0.15, 0.2) is 23.6 Å². The molecule has 2 aromatic carbocycles. The maximum absolute atomic E-state index is 14.1. The van der Waals surface area contributed by atoms with E-state index in [0.717, 1.165) is 6.92 Å². The van der Waals surface area contributed by atoms with Crippen LogP contribution < -0.4 is 10.2 Å². The van der Waals surface area contributed by atoms with E-state index in [2.05, 4.69) is 0 Å². The Morgan fingerprint density at radius 1 is 1.09 bits per heavy atom. The Labute approximate surface area is 257 Å². The number of fused-ring (bicyclic) bond motifs is 3. The van der Waals surface area contributed by atoms with Gasteiger partial charge in [0, 0.05) is 49.0 Å². The quantitative estimate of drug-likeness (QED) is 0.183. The second-order valence-corrected chi connectivity index (χ2v) is 11.8. The van der Waals surface area contributed by atoms with E-state index in [1.54, 1.807) is 6.07 Å². The molecule has 4 aliphatic rings. The summed E-state index contributed by atoms with van der Waals surface area (Å²) in [4.78, 5) is 54.9. The molecule has 0 spiro atoms. The fourth-order valence-electron chi connectivity index (χ4n) is 6.47. The average Bonchev–Trinajstić information content (AvgIpc) is 3.02. The third-order valence-electron chi connectivity index (χ3n) is 9.02. The van der Waals surface area contributed by atoms with Gasteiger partial charge >= 0.3 is 0 Å². The van der Waals surface area contributed by atoms with Gasteiger partial charge in [0.2, 0.25) is 5.78 Å². The van der Waals surface area contributed by atoms with Crippen molar-refractivity contribution in [2.75, 3.05) is 33.0 Å². The zero-order chi connectivity index (χ0) is 32.2. The van der Waals surface area contributed by atoms with Gasteiger partial charge in [-0.25, -0.2) is 0 Å². The molecule has 2 fully saturated rings. The summed E-state index contributed by atoms with van der Waals surface area (Å²) >= 11 is 0. The van der Waals surface area contributed by atoms with Gasteiger partial charge in [0.1, 0.15) is 35.7 Å². The number of hydrogen-bond donors (Lipinski definition) is 5. The fourth-order valence-corrected chi connectivity index (χ4v) is 6.47. The number of aromatic hydroxyl groups is 2. The smallest absolute Gasteiger partial charge is 0.202 e. The first-order valence-electron chi connectivity index (χ1n) is 14.7. The van der Waals surface area contributed by atoms with Crippen LogP contribution in [0.5, 0.6) is 17.2 Å². The molecule has 240 valence electrons. The minimum atomic E-state index is -2.07. The van der Waals surface area contributed by atoms with Crippen LogP contribution in [0.25, 0.3) is 0 Å². The molecule has 0 saturated carbocycles. The predicted molar refractivity (Wildman–Crippen MR) is 151 cm³/mol. The molecule has 14 nitrogen and oxygen atoms in total. The van der Waals surface area contributed by atoms with Crippen molar-refractivity contribution in [1.29, 1.82) is 0 Å². The zero-order valence-corrected chi connectivity index (χ0v) is 24.7. The number of nitrogens with zero attached hydrogens (tertiary/aromatic N) is 1. The Hall–Kier alpha value is -3.76. The number of rotatable bonds is 7. The Morgan fingerprint density at radius 3 is 2.49 bits per heavy atom. The summed E-state index contributed by atoms with van der Waals surface area (Å²) in [5, 5.41) is 44.0. The van der Waals surface area contributed by atoms with Crippen LogP contribution in [0.15, 0.2) is 18.2 Å². The van der Waals surface area contributed by atoms with E-state index < -0.39 is 88.7 Å². The van der Waals surface area contributed by atoms with Crippen molar-refractivity contribution in [2.45, 2.75) is 63.3 Å². The number of carbonyl (C=O) groups is 4. The predicted octanol–water partition coefficient (Wildman–Crippen LogP) is 0.917. The molecule has 6 rings (SSSR count). The molecule has 0 amide bonds. The van der Waals surface area contributed by atoms with Gasteiger partial charge in [-0.3, -0.25) is 24.1 Å². The first-order valence-corrected chi connectivity index (χ1v) is 14.7. The highest BCUT2D eigenvalue weighted by atomic mass is 16.7. The van der Waals surface area contributed by atoms with Gasteiger partial charge in [-0.15, -0.1) is 0 Å². The number of ketones is 4. The van der Waals surface area contributed by atoms with Gasteiger partial charge in [0.05, 0.1) is 42.0 Å². The van der Waals surface area contributed by atoms with Crippen LogP contribution in [0.1, 0.15) is 75.8 Å². The van der Waals surface area contributed by atoms with Crippen molar-refractivity contribution in [1.82, 2.24) is 10.4 Å².